The summed E-state index contributed by atoms with van der Waals surface area (Å²) in [6.07, 6.45) is 2.58. The Hall–Kier alpha value is -3.02. The minimum Gasteiger partial charge on any atom is -0.487 e. The number of aromatic nitrogens is 2. The molecule has 0 unspecified atom stereocenters. The van der Waals surface area contributed by atoms with E-state index >= 15 is 4.39 Å². The highest BCUT2D eigenvalue weighted by molar-refractivity contribution is 7.93. The van der Waals surface area contributed by atoms with E-state index in [0.717, 1.165) is 6.07 Å². The Morgan fingerprint density at radius 3 is 2.26 bits per heavy atom. The molecule has 11 heteroatoms. The molecule has 34 heavy (non-hydrogen) atoms. The van der Waals surface area contributed by atoms with Crippen molar-refractivity contribution in [2.45, 2.75) is 18.1 Å². The van der Waals surface area contributed by atoms with Gasteiger partial charge < -0.3 is 18.9 Å². The van der Waals surface area contributed by atoms with Crippen molar-refractivity contribution < 1.29 is 31.8 Å². The minimum atomic E-state index is -3.49. The number of ether oxygens (including phenoxy) is 4. The van der Waals surface area contributed by atoms with Crippen molar-refractivity contribution in [3.8, 4) is 22.8 Å². The molecule has 0 atom stereocenters. The van der Waals surface area contributed by atoms with E-state index in [1.54, 1.807) is 26.4 Å². The lowest BCUT2D eigenvalue weighted by Gasteiger charge is -2.15. The first-order valence-electron chi connectivity index (χ1n) is 10.8. The van der Waals surface area contributed by atoms with Crippen molar-refractivity contribution in [3.05, 3.63) is 42.5 Å². The quantitative estimate of drug-likeness (QED) is 0.384. The van der Waals surface area contributed by atoms with Gasteiger partial charge in [-0.3, -0.25) is 4.72 Å². The summed E-state index contributed by atoms with van der Waals surface area (Å²) in [5.74, 6) is 0.291. The number of methoxy groups -OCH3 is 2. The Balaban J connectivity index is 1.69. The Kier molecular flexibility index (Phi) is 7.44. The molecule has 1 aliphatic carbocycles. The van der Waals surface area contributed by atoms with E-state index in [4.69, 9.17) is 18.9 Å². The molecular weight excluding hydrogens is 465 g/mol. The van der Waals surface area contributed by atoms with E-state index in [2.05, 4.69) is 14.7 Å². The van der Waals surface area contributed by atoms with Crippen LogP contribution in [0.5, 0.6) is 11.5 Å². The molecule has 1 fully saturated rings. The standard InChI is InChI=1S/C23H26FN3O6S/c1-30-7-9-32-21-12-18-20(13-22(21)33-10-8-31-2)25-14-26-23(18)17-6-3-15(11-19(17)24)27-34(28,29)16-4-5-16/h3,6,11-14,16,27H,4-5,7-10H2,1-2H3. The third kappa shape index (κ3) is 5.54. The van der Waals surface area contributed by atoms with Crippen molar-refractivity contribution in [1.82, 2.24) is 9.97 Å². The largest absolute Gasteiger partial charge is 0.487 e. The third-order valence-electron chi connectivity index (χ3n) is 5.24. The second-order valence-corrected chi connectivity index (χ2v) is 9.72. The molecule has 1 aromatic heterocycles. The summed E-state index contributed by atoms with van der Waals surface area (Å²) >= 11 is 0. The van der Waals surface area contributed by atoms with Crippen LogP contribution in [0.3, 0.4) is 0 Å². The second kappa shape index (κ2) is 10.5. The van der Waals surface area contributed by atoms with Crippen LogP contribution < -0.4 is 14.2 Å². The van der Waals surface area contributed by atoms with E-state index in [9.17, 15) is 8.42 Å². The fourth-order valence-electron chi connectivity index (χ4n) is 3.37. The SMILES string of the molecule is COCCOc1cc2ncnc(-c3ccc(NS(=O)(=O)C4CC4)cc3F)c2cc1OCCOC. The van der Waals surface area contributed by atoms with Crippen molar-refractivity contribution in [3.63, 3.8) is 0 Å². The first-order valence-corrected chi connectivity index (χ1v) is 12.3. The van der Waals surface area contributed by atoms with Crippen LogP contribution in [0, 0.1) is 5.82 Å². The highest BCUT2D eigenvalue weighted by Gasteiger charge is 2.35. The molecule has 2 aromatic carbocycles. The Bertz CT molecular complexity index is 1270. The molecule has 4 rings (SSSR count). The van der Waals surface area contributed by atoms with Crippen LogP contribution in [0.2, 0.25) is 0 Å². The fourth-order valence-corrected chi connectivity index (χ4v) is 4.75. The molecule has 1 N–H and O–H groups in total. The Morgan fingerprint density at radius 2 is 1.65 bits per heavy atom. The Labute approximate surface area is 197 Å². The van der Waals surface area contributed by atoms with Gasteiger partial charge in [0.1, 0.15) is 25.4 Å². The van der Waals surface area contributed by atoms with Gasteiger partial charge in [-0.25, -0.2) is 22.8 Å². The van der Waals surface area contributed by atoms with Crippen LogP contribution in [0.15, 0.2) is 36.7 Å². The highest BCUT2D eigenvalue weighted by Crippen LogP contribution is 2.37. The summed E-state index contributed by atoms with van der Waals surface area (Å²) in [5, 5.41) is 0.150. The van der Waals surface area contributed by atoms with Crippen LogP contribution in [0.1, 0.15) is 12.8 Å². The van der Waals surface area contributed by atoms with Crippen molar-refractivity contribution in [2.24, 2.45) is 0 Å². The number of anilines is 1. The summed E-state index contributed by atoms with van der Waals surface area (Å²) in [5.41, 5.74) is 1.26. The van der Waals surface area contributed by atoms with Gasteiger partial charge >= 0.3 is 0 Å². The van der Waals surface area contributed by atoms with E-state index < -0.39 is 21.1 Å². The molecular formula is C23H26FN3O6S. The van der Waals surface area contributed by atoms with Gasteiger partial charge in [0, 0.05) is 31.2 Å². The molecule has 1 saturated carbocycles. The van der Waals surface area contributed by atoms with Gasteiger partial charge in [-0.15, -0.1) is 0 Å². The predicted molar refractivity (Wildman–Crippen MR) is 125 cm³/mol. The minimum absolute atomic E-state index is 0.170. The van der Waals surface area contributed by atoms with E-state index in [0.29, 0.717) is 60.8 Å². The van der Waals surface area contributed by atoms with Gasteiger partial charge in [0.05, 0.1) is 35.4 Å². The number of nitrogens with zero attached hydrogens (tertiary/aromatic N) is 2. The number of fused-ring (bicyclic) bond motifs is 1. The molecule has 0 bridgehead atoms. The van der Waals surface area contributed by atoms with Gasteiger partial charge in [-0.2, -0.15) is 0 Å². The summed E-state index contributed by atoms with van der Waals surface area (Å²) in [6.45, 7) is 1.37. The number of hydrogen-bond donors (Lipinski definition) is 1. The maximum atomic E-state index is 15.1. The second-order valence-electron chi connectivity index (χ2n) is 7.76. The maximum Gasteiger partial charge on any atom is 0.235 e. The van der Waals surface area contributed by atoms with Gasteiger partial charge in [0.15, 0.2) is 11.5 Å². The number of sulfonamides is 1. The summed E-state index contributed by atoms with van der Waals surface area (Å²) in [7, 11) is -0.341. The monoisotopic (exact) mass is 491 g/mol. The van der Waals surface area contributed by atoms with Crippen molar-refractivity contribution in [2.75, 3.05) is 45.4 Å². The smallest absolute Gasteiger partial charge is 0.235 e. The molecule has 1 aliphatic rings. The summed E-state index contributed by atoms with van der Waals surface area (Å²) in [4.78, 5) is 8.59. The topological polar surface area (TPSA) is 109 Å². The lowest BCUT2D eigenvalue weighted by Crippen LogP contribution is -2.17. The van der Waals surface area contributed by atoms with Gasteiger partial charge in [0.2, 0.25) is 10.0 Å². The first kappa shape index (κ1) is 24.1. The molecule has 0 saturated heterocycles. The zero-order chi connectivity index (χ0) is 24.1. The third-order valence-corrected chi connectivity index (χ3v) is 7.11. The fraction of sp³-hybridized carbons (Fsp3) is 0.391. The summed E-state index contributed by atoms with van der Waals surface area (Å²) in [6, 6.07) is 7.57. The van der Waals surface area contributed by atoms with E-state index in [1.807, 2.05) is 0 Å². The molecule has 0 radical (unpaired) electrons. The lowest BCUT2D eigenvalue weighted by atomic mass is 10.0. The normalized spacial score (nSPS) is 13.7. The van der Waals surface area contributed by atoms with Crippen LogP contribution in [0.25, 0.3) is 22.2 Å². The Morgan fingerprint density at radius 1 is 0.971 bits per heavy atom. The molecule has 182 valence electrons. The molecule has 3 aromatic rings. The maximum absolute atomic E-state index is 15.1. The number of hydrogen-bond acceptors (Lipinski definition) is 8. The van der Waals surface area contributed by atoms with Crippen LogP contribution in [0.4, 0.5) is 10.1 Å². The van der Waals surface area contributed by atoms with Gasteiger partial charge in [-0.1, -0.05) is 0 Å². The molecule has 0 aliphatic heterocycles. The predicted octanol–water partition coefficient (Wildman–Crippen LogP) is 3.39. The first-order chi connectivity index (χ1) is 16.4. The van der Waals surface area contributed by atoms with E-state index in [1.165, 1.54) is 18.5 Å². The number of rotatable bonds is 12. The molecule has 0 spiro atoms. The van der Waals surface area contributed by atoms with Crippen LogP contribution in [-0.2, 0) is 19.5 Å². The van der Waals surface area contributed by atoms with Crippen LogP contribution in [-0.4, -0.2) is 64.3 Å². The van der Waals surface area contributed by atoms with Crippen LogP contribution >= 0.6 is 0 Å². The molecule has 9 nitrogen and oxygen atoms in total. The number of halogens is 1. The average molecular weight is 492 g/mol. The van der Waals surface area contributed by atoms with Gasteiger partial charge in [-0.05, 0) is 37.1 Å². The lowest BCUT2D eigenvalue weighted by molar-refractivity contribution is 0.132. The average Bonchev–Trinajstić information content (AvgIpc) is 3.66. The zero-order valence-electron chi connectivity index (χ0n) is 18.9. The highest BCUT2D eigenvalue weighted by atomic mass is 32.2. The molecule has 1 heterocycles. The summed E-state index contributed by atoms with van der Waals surface area (Å²) < 4.78 is 63.6. The van der Waals surface area contributed by atoms with Gasteiger partial charge in [0.25, 0.3) is 0 Å². The van der Waals surface area contributed by atoms with E-state index in [-0.39, 0.29) is 17.9 Å². The molecule has 0 amide bonds. The van der Waals surface area contributed by atoms with Crippen molar-refractivity contribution >= 4 is 26.6 Å². The number of benzene rings is 2. The van der Waals surface area contributed by atoms with Crippen molar-refractivity contribution in [1.29, 1.82) is 0 Å². The number of nitrogens with one attached hydrogen (secondary N) is 1. The zero-order valence-corrected chi connectivity index (χ0v) is 19.7.